The number of carbonyl (C=O) groups excluding carboxylic acids is 1. The number of hydrogen-bond donors (Lipinski definition) is 1. The van der Waals surface area contributed by atoms with Crippen LogP contribution < -0.4 is 5.32 Å². The number of nitrogens with one attached hydrogen (secondary N) is 1. The molecular weight excluding hydrogens is 290 g/mol. The maximum atomic E-state index is 12.3. The number of halogens is 1. The molecule has 0 bridgehead atoms. The van der Waals surface area contributed by atoms with Gasteiger partial charge in [0.25, 0.3) is 5.91 Å². The summed E-state index contributed by atoms with van der Waals surface area (Å²) in [6.07, 6.45) is 3.53. The minimum absolute atomic E-state index is 0.0778. The van der Waals surface area contributed by atoms with Gasteiger partial charge in [0.15, 0.2) is 0 Å². The molecule has 1 amide bonds. The highest BCUT2D eigenvalue weighted by Crippen LogP contribution is 2.27. The summed E-state index contributed by atoms with van der Waals surface area (Å²) in [5.74, 6) is 0.660. The Balaban J connectivity index is 2.09. The summed E-state index contributed by atoms with van der Waals surface area (Å²) in [5.41, 5.74) is 3.00. The SMILES string of the molecule is Cc1ccc(C)c(C(=O)NC2CCCC2CBr)c1. The fourth-order valence-electron chi connectivity index (χ4n) is 2.64. The first kappa shape index (κ1) is 13.6. The van der Waals surface area contributed by atoms with E-state index in [1.807, 2.05) is 32.0 Å². The number of amides is 1. The number of hydrogen-bond acceptors (Lipinski definition) is 1. The van der Waals surface area contributed by atoms with Gasteiger partial charge < -0.3 is 5.32 Å². The number of aryl methyl sites for hydroxylation is 2. The molecule has 0 saturated heterocycles. The maximum absolute atomic E-state index is 12.3. The second-order valence-corrected chi connectivity index (χ2v) is 5.89. The summed E-state index contributed by atoms with van der Waals surface area (Å²) in [7, 11) is 0. The van der Waals surface area contributed by atoms with Crippen molar-refractivity contribution in [1.29, 1.82) is 0 Å². The second kappa shape index (κ2) is 5.87. The van der Waals surface area contributed by atoms with Crippen LogP contribution in [0, 0.1) is 19.8 Å². The molecule has 2 nitrogen and oxygen atoms in total. The smallest absolute Gasteiger partial charge is 0.251 e. The normalized spacial score (nSPS) is 23.1. The van der Waals surface area contributed by atoms with Gasteiger partial charge in [-0.15, -0.1) is 0 Å². The lowest BCUT2D eigenvalue weighted by Gasteiger charge is -2.19. The molecule has 2 rings (SSSR count). The standard InChI is InChI=1S/C15H20BrNO/c1-10-6-7-11(2)13(8-10)15(18)17-14-5-3-4-12(14)9-16/h6-8,12,14H,3-5,9H2,1-2H3,(H,17,18). The van der Waals surface area contributed by atoms with E-state index in [2.05, 4.69) is 21.2 Å². The number of rotatable bonds is 3. The third-order valence-corrected chi connectivity index (χ3v) is 4.64. The van der Waals surface area contributed by atoms with Crippen LogP contribution >= 0.6 is 15.9 Å². The van der Waals surface area contributed by atoms with E-state index in [1.165, 1.54) is 12.8 Å². The fraction of sp³-hybridized carbons (Fsp3) is 0.533. The molecule has 2 unspecified atom stereocenters. The summed E-state index contributed by atoms with van der Waals surface area (Å²) in [6.45, 7) is 4.01. The van der Waals surface area contributed by atoms with Crippen molar-refractivity contribution in [3.8, 4) is 0 Å². The van der Waals surface area contributed by atoms with Crippen LogP contribution in [0.5, 0.6) is 0 Å². The molecule has 1 aliphatic carbocycles. The first-order valence-corrected chi connectivity index (χ1v) is 7.68. The molecule has 3 heteroatoms. The highest BCUT2D eigenvalue weighted by Gasteiger charge is 2.28. The molecule has 0 aliphatic heterocycles. The minimum Gasteiger partial charge on any atom is -0.349 e. The monoisotopic (exact) mass is 309 g/mol. The molecule has 1 aromatic rings. The lowest BCUT2D eigenvalue weighted by Crippen LogP contribution is -2.38. The van der Waals surface area contributed by atoms with Gasteiger partial charge in [-0.1, -0.05) is 40.0 Å². The van der Waals surface area contributed by atoms with Crippen LogP contribution in [0.2, 0.25) is 0 Å². The average Bonchev–Trinajstić information content (AvgIpc) is 2.79. The Morgan fingerprint density at radius 3 is 2.89 bits per heavy atom. The minimum atomic E-state index is 0.0778. The maximum Gasteiger partial charge on any atom is 0.251 e. The van der Waals surface area contributed by atoms with Gasteiger partial charge in [-0.2, -0.15) is 0 Å². The molecule has 98 valence electrons. The number of alkyl halides is 1. The largest absolute Gasteiger partial charge is 0.349 e. The second-order valence-electron chi connectivity index (χ2n) is 5.24. The zero-order chi connectivity index (χ0) is 13.1. The van der Waals surface area contributed by atoms with Gasteiger partial charge in [0, 0.05) is 16.9 Å². The van der Waals surface area contributed by atoms with Crippen LogP contribution in [0.1, 0.15) is 40.7 Å². The predicted molar refractivity (Wildman–Crippen MR) is 78.3 cm³/mol. The quantitative estimate of drug-likeness (QED) is 0.849. The van der Waals surface area contributed by atoms with E-state index >= 15 is 0 Å². The Hall–Kier alpha value is -0.830. The van der Waals surface area contributed by atoms with E-state index in [1.54, 1.807) is 0 Å². The molecule has 1 fully saturated rings. The topological polar surface area (TPSA) is 29.1 Å². The molecule has 0 radical (unpaired) electrons. The summed E-state index contributed by atoms with van der Waals surface area (Å²) in [4.78, 5) is 12.3. The lowest BCUT2D eigenvalue weighted by molar-refractivity contribution is 0.0929. The summed E-state index contributed by atoms with van der Waals surface area (Å²) in [6, 6.07) is 6.36. The van der Waals surface area contributed by atoms with E-state index in [0.717, 1.165) is 28.4 Å². The number of benzene rings is 1. The van der Waals surface area contributed by atoms with Crippen LogP contribution in [-0.2, 0) is 0 Å². The zero-order valence-electron chi connectivity index (χ0n) is 11.0. The summed E-state index contributed by atoms with van der Waals surface area (Å²) in [5, 5.41) is 4.17. The van der Waals surface area contributed by atoms with E-state index in [4.69, 9.17) is 0 Å². The van der Waals surface area contributed by atoms with Crippen molar-refractivity contribution >= 4 is 21.8 Å². The van der Waals surface area contributed by atoms with Crippen molar-refractivity contribution < 1.29 is 4.79 Å². The van der Waals surface area contributed by atoms with Crippen molar-refractivity contribution in [2.24, 2.45) is 5.92 Å². The Morgan fingerprint density at radius 1 is 1.39 bits per heavy atom. The Labute approximate surface area is 117 Å². The predicted octanol–water partition coefficient (Wildman–Crippen LogP) is 3.60. The molecule has 1 aliphatic rings. The van der Waals surface area contributed by atoms with Crippen molar-refractivity contribution in [3.05, 3.63) is 34.9 Å². The lowest BCUT2D eigenvalue weighted by atomic mass is 10.0. The third-order valence-electron chi connectivity index (χ3n) is 3.81. The van der Waals surface area contributed by atoms with Crippen LogP contribution in [0.3, 0.4) is 0 Å². The van der Waals surface area contributed by atoms with Crippen molar-refractivity contribution in [1.82, 2.24) is 5.32 Å². The van der Waals surface area contributed by atoms with E-state index in [9.17, 15) is 4.79 Å². The van der Waals surface area contributed by atoms with Crippen molar-refractivity contribution in [3.63, 3.8) is 0 Å². The highest BCUT2D eigenvalue weighted by atomic mass is 79.9. The zero-order valence-corrected chi connectivity index (χ0v) is 12.6. The Kier molecular flexibility index (Phi) is 4.44. The molecule has 0 spiro atoms. The molecule has 18 heavy (non-hydrogen) atoms. The molecule has 2 atom stereocenters. The highest BCUT2D eigenvalue weighted by molar-refractivity contribution is 9.09. The van der Waals surface area contributed by atoms with Crippen LogP contribution in [-0.4, -0.2) is 17.3 Å². The molecule has 1 saturated carbocycles. The van der Waals surface area contributed by atoms with Gasteiger partial charge >= 0.3 is 0 Å². The van der Waals surface area contributed by atoms with E-state index in [0.29, 0.717) is 12.0 Å². The molecule has 1 N–H and O–H groups in total. The van der Waals surface area contributed by atoms with E-state index in [-0.39, 0.29) is 5.91 Å². The van der Waals surface area contributed by atoms with Crippen molar-refractivity contribution in [2.45, 2.75) is 39.2 Å². The van der Waals surface area contributed by atoms with Crippen LogP contribution in [0.25, 0.3) is 0 Å². The Bertz CT molecular complexity index is 444. The molecular formula is C15H20BrNO. The van der Waals surface area contributed by atoms with Crippen LogP contribution in [0.15, 0.2) is 18.2 Å². The van der Waals surface area contributed by atoms with Crippen molar-refractivity contribution in [2.75, 3.05) is 5.33 Å². The van der Waals surface area contributed by atoms with Gasteiger partial charge in [0.05, 0.1) is 0 Å². The third kappa shape index (κ3) is 2.94. The first-order chi connectivity index (χ1) is 8.61. The summed E-state index contributed by atoms with van der Waals surface area (Å²) < 4.78 is 0. The van der Waals surface area contributed by atoms with E-state index < -0.39 is 0 Å². The van der Waals surface area contributed by atoms with Gasteiger partial charge in [-0.05, 0) is 44.2 Å². The first-order valence-electron chi connectivity index (χ1n) is 6.56. The molecule has 0 aromatic heterocycles. The molecule has 1 aromatic carbocycles. The average molecular weight is 310 g/mol. The number of carbonyl (C=O) groups is 1. The van der Waals surface area contributed by atoms with Gasteiger partial charge in [0.2, 0.25) is 0 Å². The Morgan fingerprint density at radius 2 is 2.17 bits per heavy atom. The van der Waals surface area contributed by atoms with Gasteiger partial charge in [0.1, 0.15) is 0 Å². The fourth-order valence-corrected chi connectivity index (χ4v) is 3.41. The molecule has 0 heterocycles. The van der Waals surface area contributed by atoms with Gasteiger partial charge in [-0.3, -0.25) is 4.79 Å². The van der Waals surface area contributed by atoms with Crippen LogP contribution in [0.4, 0.5) is 0 Å². The van der Waals surface area contributed by atoms with Gasteiger partial charge in [-0.25, -0.2) is 0 Å². The summed E-state index contributed by atoms with van der Waals surface area (Å²) >= 11 is 3.54.